The van der Waals surface area contributed by atoms with Crippen molar-refractivity contribution in [3.8, 4) is 0 Å². The van der Waals surface area contributed by atoms with Crippen molar-refractivity contribution < 1.29 is 9.90 Å². The van der Waals surface area contributed by atoms with E-state index in [1.807, 2.05) is 24.6 Å². The Balaban J connectivity index is 1.34. The lowest BCUT2D eigenvalue weighted by molar-refractivity contribution is -0.151. The monoisotopic (exact) mass is 412 g/mol. The van der Waals surface area contributed by atoms with Gasteiger partial charge in [-0.05, 0) is 106 Å². The van der Waals surface area contributed by atoms with Gasteiger partial charge in [0, 0.05) is 12.1 Å². The molecule has 8 atom stereocenters. The number of rotatable bonds is 3. The van der Waals surface area contributed by atoms with E-state index in [-0.39, 0.29) is 11.3 Å². The molecular formula is C26H40N2O2. The van der Waals surface area contributed by atoms with Crippen LogP contribution in [0.15, 0.2) is 12.5 Å². The summed E-state index contributed by atoms with van der Waals surface area (Å²) in [6.07, 6.45) is 14.3. The van der Waals surface area contributed by atoms with Crippen LogP contribution >= 0.6 is 0 Å². The molecule has 0 aromatic carbocycles. The van der Waals surface area contributed by atoms with Gasteiger partial charge in [0.25, 0.3) is 0 Å². The topological polar surface area (TPSA) is 55.1 Å². The van der Waals surface area contributed by atoms with Gasteiger partial charge in [-0.25, -0.2) is 4.98 Å². The summed E-state index contributed by atoms with van der Waals surface area (Å²) in [4.78, 5) is 17.6. The number of hydrogen-bond acceptors (Lipinski definition) is 3. The van der Waals surface area contributed by atoms with Crippen molar-refractivity contribution in [3.05, 3.63) is 18.2 Å². The van der Waals surface area contributed by atoms with Crippen molar-refractivity contribution in [1.29, 1.82) is 0 Å². The Bertz CT molecular complexity index is 829. The van der Waals surface area contributed by atoms with Crippen molar-refractivity contribution in [3.63, 3.8) is 0 Å². The molecule has 1 N–H and O–H groups in total. The maximum Gasteiger partial charge on any atom is 0.156 e. The zero-order valence-electron chi connectivity index (χ0n) is 19.4. The Labute approximate surface area is 181 Å². The number of aromatic nitrogens is 2. The van der Waals surface area contributed by atoms with Crippen molar-refractivity contribution in [1.82, 2.24) is 9.55 Å². The van der Waals surface area contributed by atoms with Crippen molar-refractivity contribution in [2.24, 2.45) is 40.4 Å². The summed E-state index contributed by atoms with van der Waals surface area (Å²) in [6.45, 7) is 9.51. The van der Waals surface area contributed by atoms with Crippen LogP contribution in [0.25, 0.3) is 0 Å². The Morgan fingerprint density at radius 1 is 1.07 bits per heavy atom. The first-order chi connectivity index (χ1) is 14.1. The smallest absolute Gasteiger partial charge is 0.156 e. The van der Waals surface area contributed by atoms with E-state index in [0.29, 0.717) is 29.6 Å². The van der Waals surface area contributed by atoms with Gasteiger partial charge in [-0.2, -0.15) is 0 Å². The number of aryl methyl sites for hydroxylation is 1. The molecule has 1 heterocycles. The lowest BCUT2D eigenvalue weighted by Gasteiger charge is -2.61. The Hall–Kier alpha value is -1.16. The Kier molecular flexibility index (Phi) is 4.78. The van der Waals surface area contributed by atoms with Gasteiger partial charge < -0.3 is 9.67 Å². The summed E-state index contributed by atoms with van der Waals surface area (Å²) >= 11 is 0. The zero-order valence-corrected chi connectivity index (χ0v) is 19.4. The third kappa shape index (κ3) is 3.12. The molecule has 0 spiro atoms. The lowest BCUT2D eigenvalue weighted by Crippen LogP contribution is -2.55. The van der Waals surface area contributed by atoms with Gasteiger partial charge in [-0.3, -0.25) is 4.79 Å². The molecule has 30 heavy (non-hydrogen) atoms. The van der Waals surface area contributed by atoms with E-state index in [2.05, 4.69) is 18.8 Å². The highest BCUT2D eigenvalue weighted by Crippen LogP contribution is 2.68. The summed E-state index contributed by atoms with van der Waals surface area (Å²) in [5.74, 6) is 3.58. The highest BCUT2D eigenvalue weighted by molar-refractivity contribution is 5.82. The maximum absolute atomic E-state index is 13.3. The minimum absolute atomic E-state index is 0.178. The molecule has 4 aliphatic carbocycles. The largest absolute Gasteiger partial charge is 0.390 e. The predicted molar refractivity (Wildman–Crippen MR) is 118 cm³/mol. The summed E-state index contributed by atoms with van der Waals surface area (Å²) in [5, 5.41) is 10.7. The zero-order chi connectivity index (χ0) is 21.3. The van der Waals surface area contributed by atoms with E-state index in [9.17, 15) is 9.90 Å². The summed E-state index contributed by atoms with van der Waals surface area (Å²) in [5.41, 5.74) is 1.09. The number of ketones is 1. The second-order valence-corrected chi connectivity index (χ2v) is 12.2. The van der Waals surface area contributed by atoms with Gasteiger partial charge in [-0.1, -0.05) is 13.8 Å². The SMILES string of the molecule is Cc1cn(CC(=O)[C@H]2CCC3C4CC[C@@H]5C[C@](C)(O)CC[C@]5(C)C4CC[C@@]32C)cn1. The molecule has 1 aromatic rings. The fraction of sp³-hybridized carbons (Fsp3) is 0.846. The van der Waals surface area contributed by atoms with Gasteiger partial charge in [0.2, 0.25) is 0 Å². The van der Waals surface area contributed by atoms with Crippen LogP contribution in [-0.4, -0.2) is 26.0 Å². The molecular weight excluding hydrogens is 372 g/mol. The van der Waals surface area contributed by atoms with Crippen LogP contribution in [-0.2, 0) is 11.3 Å². The summed E-state index contributed by atoms with van der Waals surface area (Å²) < 4.78 is 1.97. The van der Waals surface area contributed by atoms with Crippen molar-refractivity contribution in [2.75, 3.05) is 0 Å². The molecule has 1 aromatic heterocycles. The van der Waals surface area contributed by atoms with Crippen LogP contribution in [0.3, 0.4) is 0 Å². The normalized spacial score (nSPS) is 48.0. The van der Waals surface area contributed by atoms with Gasteiger partial charge in [0.15, 0.2) is 5.78 Å². The van der Waals surface area contributed by atoms with Crippen LogP contribution in [0.2, 0.25) is 0 Å². The number of carbonyl (C=O) groups is 1. The minimum atomic E-state index is -0.462. The average Bonchev–Trinajstić information content (AvgIpc) is 3.24. The standard InChI is InChI=1S/C26H40N2O2/c1-17-14-28(16-27-17)15-23(29)22-8-7-20-19-6-5-18-13-24(2,30)11-12-25(18,3)21(19)9-10-26(20,22)4/h14,16,18-22,30H,5-13,15H2,1-4H3/t18-,19?,20?,21?,22-,24-,25+,26+/m1/s1. The predicted octanol–water partition coefficient (Wildman–Crippen LogP) is 5.17. The maximum atomic E-state index is 13.3. The molecule has 4 nitrogen and oxygen atoms in total. The first kappa shape index (κ1) is 20.7. The second kappa shape index (κ2) is 6.92. The van der Waals surface area contributed by atoms with E-state index in [1.54, 1.807) is 6.33 Å². The quantitative estimate of drug-likeness (QED) is 0.745. The fourth-order valence-electron chi connectivity index (χ4n) is 8.81. The second-order valence-electron chi connectivity index (χ2n) is 12.2. The third-order valence-corrected chi connectivity index (χ3v) is 10.4. The van der Waals surface area contributed by atoms with Gasteiger partial charge in [-0.15, -0.1) is 0 Å². The molecule has 0 aliphatic heterocycles. The van der Waals surface area contributed by atoms with Crippen molar-refractivity contribution in [2.45, 2.75) is 97.6 Å². The van der Waals surface area contributed by atoms with Gasteiger partial charge >= 0.3 is 0 Å². The average molecular weight is 413 g/mol. The Morgan fingerprint density at radius 3 is 2.57 bits per heavy atom. The lowest BCUT2D eigenvalue weighted by atomic mass is 9.44. The first-order valence-corrected chi connectivity index (χ1v) is 12.4. The molecule has 166 valence electrons. The molecule has 3 unspecified atom stereocenters. The molecule has 4 aliphatic rings. The number of carbonyl (C=O) groups excluding carboxylic acids is 1. The van der Waals surface area contributed by atoms with Gasteiger partial charge in [0.05, 0.1) is 24.2 Å². The highest BCUT2D eigenvalue weighted by atomic mass is 16.3. The molecule has 0 amide bonds. The molecule has 0 saturated heterocycles. The van der Waals surface area contributed by atoms with Gasteiger partial charge in [0.1, 0.15) is 0 Å². The molecule has 4 heteroatoms. The number of Topliss-reactive ketones (excluding diaryl/α,β-unsaturated/α-hetero) is 1. The van der Waals surface area contributed by atoms with E-state index in [1.165, 1.54) is 38.5 Å². The molecule has 4 saturated carbocycles. The highest BCUT2D eigenvalue weighted by Gasteiger charge is 2.61. The van der Waals surface area contributed by atoms with Crippen LogP contribution in [0.5, 0.6) is 0 Å². The summed E-state index contributed by atoms with van der Waals surface area (Å²) in [7, 11) is 0. The van der Waals surface area contributed by atoms with Crippen LogP contribution in [0.4, 0.5) is 0 Å². The van der Waals surface area contributed by atoms with Crippen LogP contribution < -0.4 is 0 Å². The number of fused-ring (bicyclic) bond motifs is 5. The molecule has 4 fully saturated rings. The Morgan fingerprint density at radius 2 is 1.83 bits per heavy atom. The molecule has 0 radical (unpaired) electrons. The molecule has 0 bridgehead atoms. The number of aliphatic hydroxyl groups is 1. The van der Waals surface area contributed by atoms with Crippen LogP contribution in [0, 0.1) is 47.3 Å². The van der Waals surface area contributed by atoms with E-state index < -0.39 is 5.60 Å². The third-order valence-electron chi connectivity index (χ3n) is 10.4. The van der Waals surface area contributed by atoms with E-state index in [0.717, 1.165) is 36.8 Å². The minimum Gasteiger partial charge on any atom is -0.390 e. The summed E-state index contributed by atoms with van der Waals surface area (Å²) in [6, 6.07) is 0. The number of nitrogens with zero attached hydrogens (tertiary/aromatic N) is 2. The fourth-order valence-corrected chi connectivity index (χ4v) is 8.81. The van der Waals surface area contributed by atoms with E-state index in [4.69, 9.17) is 0 Å². The van der Waals surface area contributed by atoms with Crippen LogP contribution in [0.1, 0.15) is 84.3 Å². The van der Waals surface area contributed by atoms with E-state index >= 15 is 0 Å². The molecule has 5 rings (SSSR count). The first-order valence-electron chi connectivity index (χ1n) is 12.4. The number of imidazole rings is 1. The number of hydrogen-bond donors (Lipinski definition) is 1. The van der Waals surface area contributed by atoms with Crippen molar-refractivity contribution >= 4 is 5.78 Å².